The van der Waals surface area contributed by atoms with E-state index in [4.69, 9.17) is 4.74 Å². The van der Waals surface area contributed by atoms with Gasteiger partial charge in [-0.3, -0.25) is 14.3 Å². The lowest BCUT2D eigenvalue weighted by atomic mass is 10.3. The van der Waals surface area contributed by atoms with Gasteiger partial charge in [-0.05, 0) is 31.2 Å². The molecule has 0 spiro atoms. The molecule has 0 bridgehead atoms. The lowest BCUT2D eigenvalue weighted by Crippen LogP contribution is -2.31. The van der Waals surface area contributed by atoms with Gasteiger partial charge in [-0.15, -0.1) is 22.7 Å². The molecule has 4 heterocycles. The molecule has 1 N–H and O–H groups in total. The first-order valence-corrected chi connectivity index (χ1v) is 12.5. The number of hydrogen-bond acceptors (Lipinski definition) is 8. The van der Waals surface area contributed by atoms with Crippen LogP contribution >= 0.6 is 22.7 Å². The summed E-state index contributed by atoms with van der Waals surface area (Å²) in [5.74, 6) is -0.0533. The van der Waals surface area contributed by atoms with Crippen LogP contribution in [0.25, 0.3) is 21.0 Å². The van der Waals surface area contributed by atoms with Crippen molar-refractivity contribution < 1.29 is 9.53 Å². The van der Waals surface area contributed by atoms with Crippen molar-refractivity contribution in [3.8, 4) is 9.88 Å². The summed E-state index contributed by atoms with van der Waals surface area (Å²) in [5.41, 5.74) is 0.297. The molecule has 0 radical (unpaired) electrons. The molecular weight excluding hydrogens is 462 g/mol. The van der Waals surface area contributed by atoms with Crippen molar-refractivity contribution >= 4 is 39.8 Å². The molecule has 0 aliphatic heterocycles. The van der Waals surface area contributed by atoms with Crippen LogP contribution < -0.4 is 11.2 Å². The van der Waals surface area contributed by atoms with Crippen molar-refractivity contribution in [3.63, 3.8) is 0 Å². The SMILES string of the molecule is CCCCn1c(=O)[nH]c(=O)c2c1nc(COC(=O)c1sc(-c3cccs3)nc1C)n2CCC. The second-order valence-electron chi connectivity index (χ2n) is 7.60. The van der Waals surface area contributed by atoms with Crippen molar-refractivity contribution in [2.24, 2.45) is 0 Å². The van der Waals surface area contributed by atoms with Crippen molar-refractivity contribution in [2.45, 2.75) is 59.7 Å². The summed E-state index contributed by atoms with van der Waals surface area (Å²) in [5, 5.41) is 2.74. The van der Waals surface area contributed by atoms with E-state index in [1.807, 2.05) is 31.4 Å². The quantitative estimate of drug-likeness (QED) is 0.358. The Labute approximate surface area is 197 Å². The number of imidazole rings is 1. The Morgan fingerprint density at radius 2 is 1.97 bits per heavy atom. The van der Waals surface area contributed by atoms with Gasteiger partial charge in [0, 0.05) is 13.1 Å². The predicted octanol–water partition coefficient (Wildman–Crippen LogP) is 3.95. The number of nitrogens with one attached hydrogen (secondary N) is 1. The maximum Gasteiger partial charge on any atom is 0.350 e. The minimum Gasteiger partial charge on any atom is -0.453 e. The van der Waals surface area contributed by atoms with Crippen molar-refractivity contribution in [2.75, 3.05) is 0 Å². The monoisotopic (exact) mass is 487 g/mol. The van der Waals surface area contributed by atoms with Crippen LogP contribution in [0.5, 0.6) is 0 Å². The second-order valence-corrected chi connectivity index (χ2v) is 9.55. The van der Waals surface area contributed by atoms with Crippen LogP contribution in [0.4, 0.5) is 0 Å². The number of fused-ring (bicyclic) bond motifs is 1. The number of ether oxygens (including phenoxy) is 1. The molecule has 0 aliphatic rings. The Morgan fingerprint density at radius 1 is 1.15 bits per heavy atom. The van der Waals surface area contributed by atoms with E-state index in [1.165, 1.54) is 15.9 Å². The second kappa shape index (κ2) is 9.84. The first kappa shape index (κ1) is 23.1. The molecule has 0 unspecified atom stereocenters. The lowest BCUT2D eigenvalue weighted by molar-refractivity contribution is 0.0463. The van der Waals surface area contributed by atoms with Gasteiger partial charge in [0.1, 0.15) is 22.3 Å². The van der Waals surface area contributed by atoms with Gasteiger partial charge in [-0.1, -0.05) is 26.3 Å². The van der Waals surface area contributed by atoms with Gasteiger partial charge in [0.25, 0.3) is 5.56 Å². The van der Waals surface area contributed by atoms with Crippen LogP contribution in [-0.4, -0.2) is 30.1 Å². The highest BCUT2D eigenvalue weighted by Gasteiger charge is 2.22. The molecule has 4 aromatic rings. The fourth-order valence-electron chi connectivity index (χ4n) is 3.60. The van der Waals surface area contributed by atoms with Crippen LogP contribution in [0.3, 0.4) is 0 Å². The molecule has 33 heavy (non-hydrogen) atoms. The van der Waals surface area contributed by atoms with Crippen LogP contribution in [0.1, 0.15) is 54.3 Å². The van der Waals surface area contributed by atoms with E-state index in [9.17, 15) is 14.4 Å². The first-order valence-electron chi connectivity index (χ1n) is 10.8. The van der Waals surface area contributed by atoms with Gasteiger partial charge < -0.3 is 9.30 Å². The summed E-state index contributed by atoms with van der Waals surface area (Å²) < 4.78 is 8.81. The highest BCUT2D eigenvalue weighted by atomic mass is 32.1. The highest BCUT2D eigenvalue weighted by molar-refractivity contribution is 7.22. The number of H-pyrrole nitrogens is 1. The molecule has 0 atom stereocenters. The normalized spacial score (nSPS) is 11.4. The van der Waals surface area contributed by atoms with E-state index in [2.05, 4.69) is 15.0 Å². The van der Waals surface area contributed by atoms with Crippen LogP contribution in [-0.2, 0) is 24.4 Å². The molecule has 4 aromatic heterocycles. The maximum atomic E-state index is 12.8. The van der Waals surface area contributed by atoms with E-state index in [1.54, 1.807) is 22.8 Å². The van der Waals surface area contributed by atoms with E-state index in [0.29, 0.717) is 40.6 Å². The molecule has 0 fully saturated rings. The van der Waals surface area contributed by atoms with E-state index in [0.717, 1.165) is 29.1 Å². The molecule has 0 saturated carbocycles. The number of aryl methyl sites for hydroxylation is 3. The van der Waals surface area contributed by atoms with Crippen molar-refractivity contribution in [3.05, 3.63) is 54.7 Å². The Hall–Kier alpha value is -3.05. The summed E-state index contributed by atoms with van der Waals surface area (Å²) >= 11 is 2.85. The maximum absolute atomic E-state index is 12.8. The molecular formula is C22H25N5O4S2. The molecule has 0 amide bonds. The first-order chi connectivity index (χ1) is 15.9. The zero-order chi connectivity index (χ0) is 23.5. The Kier molecular flexibility index (Phi) is 6.89. The summed E-state index contributed by atoms with van der Waals surface area (Å²) in [6.07, 6.45) is 2.43. The molecule has 0 aliphatic carbocycles. The average molecular weight is 488 g/mol. The smallest absolute Gasteiger partial charge is 0.350 e. The van der Waals surface area contributed by atoms with Gasteiger partial charge in [-0.25, -0.2) is 19.6 Å². The fourth-order valence-corrected chi connectivity index (χ4v) is 5.36. The highest BCUT2D eigenvalue weighted by Crippen LogP contribution is 2.31. The third kappa shape index (κ3) is 4.55. The number of aromatic nitrogens is 5. The number of aromatic amines is 1. The third-order valence-corrected chi connectivity index (χ3v) is 7.37. The average Bonchev–Trinajstić information content (AvgIpc) is 3.51. The number of carbonyl (C=O) groups excluding carboxylic acids is 1. The number of hydrogen-bond donors (Lipinski definition) is 1. The number of thiazole rings is 1. The van der Waals surface area contributed by atoms with Gasteiger partial charge in [0.2, 0.25) is 0 Å². The molecule has 11 heteroatoms. The summed E-state index contributed by atoms with van der Waals surface area (Å²) in [7, 11) is 0. The third-order valence-electron chi connectivity index (χ3n) is 5.19. The van der Waals surface area contributed by atoms with Crippen LogP contribution in [0.2, 0.25) is 0 Å². The van der Waals surface area contributed by atoms with Gasteiger partial charge in [-0.2, -0.15) is 0 Å². The van der Waals surface area contributed by atoms with Gasteiger partial charge >= 0.3 is 11.7 Å². The minimum atomic E-state index is -0.486. The number of thiophene rings is 1. The molecule has 9 nitrogen and oxygen atoms in total. The fraction of sp³-hybridized carbons (Fsp3) is 0.409. The largest absolute Gasteiger partial charge is 0.453 e. The summed E-state index contributed by atoms with van der Waals surface area (Å²) in [6.45, 7) is 6.65. The molecule has 174 valence electrons. The lowest BCUT2D eigenvalue weighted by Gasteiger charge is -2.08. The zero-order valence-corrected chi connectivity index (χ0v) is 20.3. The number of rotatable bonds is 9. The number of nitrogens with zero attached hydrogens (tertiary/aromatic N) is 4. The standard InChI is InChI=1S/C22H25N5O4S2/c1-4-6-10-27-18-16(19(28)25-22(27)30)26(9-5-2)15(24-18)12-31-21(29)17-13(3)23-20(33-17)14-8-7-11-32-14/h7-8,11H,4-6,9-10,12H2,1-3H3,(H,25,28,30). The molecule has 0 saturated heterocycles. The summed E-state index contributed by atoms with van der Waals surface area (Å²) in [4.78, 5) is 50.7. The van der Waals surface area contributed by atoms with Crippen molar-refractivity contribution in [1.29, 1.82) is 0 Å². The van der Waals surface area contributed by atoms with Crippen LogP contribution in [0, 0.1) is 6.92 Å². The number of esters is 1. The topological polar surface area (TPSA) is 112 Å². The zero-order valence-electron chi connectivity index (χ0n) is 18.7. The van der Waals surface area contributed by atoms with E-state index >= 15 is 0 Å². The van der Waals surface area contributed by atoms with E-state index in [-0.39, 0.29) is 6.61 Å². The number of unbranched alkanes of at least 4 members (excludes halogenated alkanes) is 1. The minimum absolute atomic E-state index is 0.111. The van der Waals surface area contributed by atoms with Crippen LogP contribution in [0.15, 0.2) is 27.1 Å². The predicted molar refractivity (Wildman–Crippen MR) is 129 cm³/mol. The number of carbonyl (C=O) groups is 1. The Morgan fingerprint density at radius 3 is 2.67 bits per heavy atom. The van der Waals surface area contributed by atoms with Crippen molar-refractivity contribution in [1.82, 2.24) is 24.1 Å². The van der Waals surface area contributed by atoms with E-state index < -0.39 is 17.2 Å². The van der Waals surface area contributed by atoms with Gasteiger partial charge in [0.05, 0.1) is 10.6 Å². The van der Waals surface area contributed by atoms with Gasteiger partial charge in [0.15, 0.2) is 11.2 Å². The molecule has 0 aromatic carbocycles. The Bertz CT molecular complexity index is 1390. The summed E-state index contributed by atoms with van der Waals surface area (Å²) in [6, 6.07) is 3.90. The molecule has 4 rings (SSSR count). The Balaban J connectivity index is 1.65.